The van der Waals surface area contributed by atoms with E-state index in [0.717, 1.165) is 0 Å². The molecule has 0 saturated heterocycles. The van der Waals surface area contributed by atoms with Crippen molar-refractivity contribution in [1.82, 2.24) is 0 Å². The average molecular weight is 681 g/mol. The van der Waals surface area contributed by atoms with Crippen LogP contribution in [-0.2, 0) is 0 Å². The van der Waals surface area contributed by atoms with Gasteiger partial charge in [-0.1, -0.05) is 20.8 Å². The van der Waals surface area contributed by atoms with Gasteiger partial charge in [0.2, 0.25) is 0 Å². The van der Waals surface area contributed by atoms with Crippen molar-refractivity contribution >= 4 is 7.26 Å². The molecule has 0 radical (unpaired) electrons. The van der Waals surface area contributed by atoms with Crippen LogP contribution in [0.25, 0.3) is 0 Å². The van der Waals surface area contributed by atoms with Gasteiger partial charge in [-0.2, -0.15) is 0 Å². The Kier molecular flexibility index (Phi) is 41.2. The minimum atomic E-state index is -1.14. The molecule has 0 amide bonds. The number of hydrogen-bond acceptors (Lipinski definition) is 0. The molecule has 0 spiro atoms. The van der Waals surface area contributed by atoms with E-state index < -0.39 is 7.26 Å². The Labute approximate surface area is 302 Å². The van der Waals surface area contributed by atoms with Gasteiger partial charge in [0.15, 0.2) is 0 Å². The van der Waals surface area contributed by atoms with Crippen LogP contribution in [0.3, 0.4) is 0 Å². The molecule has 0 atom stereocenters. The molecule has 0 heterocycles. The van der Waals surface area contributed by atoms with E-state index in [9.17, 15) is 0 Å². The SMILES string of the molecule is CCCCCCCCCCCCC[PH](CCCCCCC)(CCCCCCCCCCCCC)CCCCCCCCCCCCC. The predicted molar refractivity (Wildman–Crippen MR) is 226 cm³/mol. The van der Waals surface area contributed by atoms with Crippen molar-refractivity contribution in [2.45, 2.75) is 272 Å². The van der Waals surface area contributed by atoms with Gasteiger partial charge < -0.3 is 0 Å². The van der Waals surface area contributed by atoms with Gasteiger partial charge in [0.25, 0.3) is 0 Å². The first-order valence-electron chi connectivity index (χ1n) is 23.2. The van der Waals surface area contributed by atoms with E-state index in [1.165, 1.54) is 218 Å². The first-order chi connectivity index (χ1) is 23.2. The van der Waals surface area contributed by atoms with E-state index in [1.54, 1.807) is 50.3 Å². The summed E-state index contributed by atoms with van der Waals surface area (Å²) in [6.45, 7) is 9.38. The van der Waals surface area contributed by atoms with E-state index in [0.29, 0.717) is 0 Å². The van der Waals surface area contributed by atoms with Crippen LogP contribution in [-0.4, -0.2) is 24.6 Å². The number of hydrogen-bond donors (Lipinski definition) is 0. The van der Waals surface area contributed by atoms with Crippen molar-refractivity contribution in [1.29, 1.82) is 0 Å². The maximum atomic E-state index is 2.38. The summed E-state index contributed by atoms with van der Waals surface area (Å²) in [4.78, 5) is 0. The molecular weight excluding hydrogens is 583 g/mol. The molecule has 0 N–H and O–H groups in total. The molecular formula is C46H97P. The van der Waals surface area contributed by atoms with Crippen molar-refractivity contribution in [3.63, 3.8) is 0 Å². The standard InChI is InChI=1S/C46H97P/c1-5-9-13-17-20-23-26-29-32-36-40-44-47(43-39-35-16-12-8-4,45-41-37-33-30-27-24-21-18-14-10-6-2)46-42-38-34-31-28-25-22-19-15-11-7-3/h47H,5-46H2,1-4H3. The summed E-state index contributed by atoms with van der Waals surface area (Å²) in [6, 6.07) is 0. The Bertz CT molecular complexity index is 477. The van der Waals surface area contributed by atoms with Crippen LogP contribution >= 0.6 is 7.26 Å². The predicted octanol–water partition coefficient (Wildman–Crippen LogP) is 17.6. The third kappa shape index (κ3) is 36.0. The van der Waals surface area contributed by atoms with Gasteiger partial charge in [-0.15, -0.1) is 0 Å². The fraction of sp³-hybridized carbons (Fsp3) is 1.00. The van der Waals surface area contributed by atoms with Crippen LogP contribution in [0.5, 0.6) is 0 Å². The first kappa shape index (κ1) is 47.4. The minimum Gasteiger partial charge on any atom is -0.0654 e. The van der Waals surface area contributed by atoms with Crippen LogP contribution in [0.4, 0.5) is 0 Å². The molecule has 0 aliphatic heterocycles. The average Bonchev–Trinajstić information content (AvgIpc) is 3.08. The fourth-order valence-corrected chi connectivity index (χ4v) is 13.8. The third-order valence-electron chi connectivity index (χ3n) is 11.7. The minimum absolute atomic E-state index is 1.14. The second-order valence-electron chi connectivity index (χ2n) is 16.5. The van der Waals surface area contributed by atoms with Gasteiger partial charge in [-0.25, -0.2) is 0 Å². The molecule has 0 nitrogen and oxygen atoms in total. The molecule has 47 heavy (non-hydrogen) atoms. The molecule has 0 aromatic rings. The molecule has 0 aromatic carbocycles. The Morgan fingerprint density at radius 3 is 0.447 bits per heavy atom. The molecule has 1 heteroatoms. The molecule has 286 valence electrons. The second kappa shape index (κ2) is 40.9. The summed E-state index contributed by atoms with van der Waals surface area (Å²) in [7, 11) is -1.14. The first-order valence-corrected chi connectivity index (χ1v) is 26.1. The van der Waals surface area contributed by atoms with E-state index in [2.05, 4.69) is 27.7 Å². The molecule has 0 bridgehead atoms. The maximum absolute atomic E-state index is 2.38. The second-order valence-corrected chi connectivity index (χ2v) is 21.5. The zero-order valence-electron chi connectivity index (χ0n) is 34.2. The monoisotopic (exact) mass is 681 g/mol. The van der Waals surface area contributed by atoms with Crippen molar-refractivity contribution < 1.29 is 0 Å². The van der Waals surface area contributed by atoms with Gasteiger partial charge in [-0.3, -0.25) is 0 Å². The Morgan fingerprint density at radius 1 is 0.170 bits per heavy atom. The van der Waals surface area contributed by atoms with Gasteiger partial charge in [0.1, 0.15) is 0 Å². The Hall–Kier alpha value is 0.430. The van der Waals surface area contributed by atoms with Gasteiger partial charge >= 0.3 is 283 Å². The summed E-state index contributed by atoms with van der Waals surface area (Å²) in [5, 5.41) is 0. The van der Waals surface area contributed by atoms with Gasteiger partial charge in [0, 0.05) is 0 Å². The van der Waals surface area contributed by atoms with Crippen molar-refractivity contribution in [3.05, 3.63) is 0 Å². The zero-order valence-corrected chi connectivity index (χ0v) is 35.2. The van der Waals surface area contributed by atoms with Crippen molar-refractivity contribution in [2.75, 3.05) is 24.6 Å². The number of rotatable bonds is 42. The zero-order chi connectivity index (χ0) is 34.2. The fourth-order valence-electron chi connectivity index (χ4n) is 8.35. The van der Waals surface area contributed by atoms with Gasteiger partial charge in [0.05, 0.1) is 0 Å². The topological polar surface area (TPSA) is 0 Å². The summed E-state index contributed by atoms with van der Waals surface area (Å²) in [6.07, 6.45) is 63.5. The molecule has 0 fully saturated rings. The molecule has 0 rings (SSSR count). The van der Waals surface area contributed by atoms with E-state index in [4.69, 9.17) is 0 Å². The van der Waals surface area contributed by atoms with Crippen LogP contribution in [0, 0.1) is 0 Å². The van der Waals surface area contributed by atoms with E-state index in [1.807, 2.05) is 0 Å². The number of unbranched alkanes of at least 4 members (excludes halogenated alkanes) is 34. The third-order valence-corrected chi connectivity index (χ3v) is 17.4. The Balaban J connectivity index is 4.71. The van der Waals surface area contributed by atoms with Crippen LogP contribution in [0.1, 0.15) is 272 Å². The molecule has 0 aromatic heterocycles. The smallest absolute Gasteiger partial charge is 0.0654 e. The Morgan fingerprint density at radius 2 is 0.298 bits per heavy atom. The van der Waals surface area contributed by atoms with E-state index >= 15 is 0 Å². The summed E-state index contributed by atoms with van der Waals surface area (Å²) in [5.74, 6) is 0. The van der Waals surface area contributed by atoms with Crippen LogP contribution < -0.4 is 0 Å². The van der Waals surface area contributed by atoms with Crippen LogP contribution in [0.15, 0.2) is 0 Å². The molecule has 0 saturated carbocycles. The van der Waals surface area contributed by atoms with Crippen molar-refractivity contribution in [2.24, 2.45) is 0 Å². The molecule has 0 aliphatic carbocycles. The van der Waals surface area contributed by atoms with Crippen LogP contribution in [0.2, 0.25) is 0 Å². The van der Waals surface area contributed by atoms with E-state index in [-0.39, 0.29) is 0 Å². The molecule has 0 unspecified atom stereocenters. The van der Waals surface area contributed by atoms with Crippen molar-refractivity contribution in [3.8, 4) is 0 Å². The van der Waals surface area contributed by atoms with Gasteiger partial charge in [-0.05, 0) is 0 Å². The normalized spacial score (nSPS) is 12.3. The summed E-state index contributed by atoms with van der Waals surface area (Å²) < 4.78 is 0. The quantitative estimate of drug-likeness (QED) is 0.0445. The summed E-state index contributed by atoms with van der Waals surface area (Å²) >= 11 is 0. The summed E-state index contributed by atoms with van der Waals surface area (Å²) in [5.41, 5.74) is 0. The molecule has 0 aliphatic rings.